The first kappa shape index (κ1) is 29.8. The van der Waals surface area contributed by atoms with Gasteiger partial charge in [-0.15, -0.1) is 0 Å². The lowest BCUT2D eigenvalue weighted by Crippen LogP contribution is -2.50. The van der Waals surface area contributed by atoms with E-state index in [1.165, 1.54) is 82.0 Å². The Morgan fingerprint density at radius 2 is 1.26 bits per heavy atom. The number of hydrogen-bond acceptors (Lipinski definition) is 5. The van der Waals surface area contributed by atoms with Gasteiger partial charge in [0.25, 0.3) is 5.69 Å². The third-order valence-electron chi connectivity index (χ3n) is 5.35. The van der Waals surface area contributed by atoms with Gasteiger partial charge < -0.3 is 9.04 Å². The van der Waals surface area contributed by atoms with Crippen molar-refractivity contribution in [2.45, 2.75) is 84.0 Å². The monoisotopic (exact) mass is 478 g/mol. The van der Waals surface area contributed by atoms with Crippen LogP contribution < -0.4 is 0 Å². The molecule has 9 heteroatoms. The van der Waals surface area contributed by atoms with Crippen LogP contribution in [0.3, 0.4) is 0 Å². The van der Waals surface area contributed by atoms with Crippen LogP contribution in [-0.4, -0.2) is 48.6 Å². The van der Waals surface area contributed by atoms with Crippen LogP contribution in [0.5, 0.6) is 0 Å². The molecule has 0 aliphatic rings. The summed E-state index contributed by atoms with van der Waals surface area (Å²) in [5.41, 5.74) is -0.608. The van der Waals surface area contributed by atoms with Crippen LogP contribution >= 0.6 is 11.6 Å². The highest BCUT2D eigenvalue weighted by Gasteiger charge is 2.24. The second-order valence-corrected chi connectivity index (χ2v) is 9.76. The van der Waals surface area contributed by atoms with E-state index in [-0.39, 0.29) is 5.02 Å². The summed E-state index contributed by atoms with van der Waals surface area (Å²) in [6, 6.07) is 2.53. The van der Waals surface area contributed by atoms with Crippen molar-refractivity contribution < 1.29 is 22.4 Å². The van der Waals surface area contributed by atoms with Crippen molar-refractivity contribution in [1.82, 2.24) is 0 Å². The van der Waals surface area contributed by atoms with Crippen LogP contribution in [0.1, 0.15) is 79.1 Å². The fraction of sp³-hybridized carbons (Fsp3) is 0.727. The number of rotatable bonds is 14. The molecule has 0 aliphatic heterocycles. The molecule has 0 N–H and O–H groups in total. The smallest absolute Gasteiger partial charge is 0.289 e. The number of nitrogens with zero attached hydrogens (tertiary/aromatic N) is 2. The fourth-order valence-corrected chi connectivity index (χ4v) is 4.11. The topological polar surface area (TPSA) is 100 Å². The minimum absolute atomic E-state index is 0.220. The molecule has 0 unspecified atom stereocenters. The number of nitro benzene ring substituents is 1. The van der Waals surface area contributed by atoms with E-state index in [1.807, 2.05) is 0 Å². The fourth-order valence-electron chi connectivity index (χ4n) is 3.43. The highest BCUT2D eigenvalue weighted by Crippen LogP contribution is 2.26. The second-order valence-electron chi connectivity index (χ2n) is 7.97. The molecular weight excluding hydrogens is 440 g/mol. The maximum Gasteiger partial charge on any atom is 0.289 e. The summed E-state index contributed by atoms with van der Waals surface area (Å²) in [4.78, 5) is 8.79. The lowest BCUT2D eigenvalue weighted by Gasteiger charge is -2.39. The Morgan fingerprint density at radius 3 is 1.55 bits per heavy atom. The van der Waals surface area contributed by atoms with E-state index in [0.717, 1.165) is 12.1 Å². The molecule has 1 aromatic rings. The molecule has 0 bridgehead atoms. The van der Waals surface area contributed by atoms with E-state index in [1.54, 1.807) is 0 Å². The summed E-state index contributed by atoms with van der Waals surface area (Å²) in [5.74, 6) is 0. The Bertz CT molecular complexity index is 719. The molecule has 1 rings (SSSR count). The van der Waals surface area contributed by atoms with E-state index in [0.29, 0.717) is 6.07 Å². The first-order valence-electron chi connectivity index (χ1n) is 11.3. The molecule has 0 heterocycles. The van der Waals surface area contributed by atoms with E-state index in [4.69, 9.17) is 11.6 Å². The van der Waals surface area contributed by atoms with E-state index in [9.17, 15) is 23.1 Å². The molecule has 0 aliphatic carbocycles. The molecule has 0 amide bonds. The van der Waals surface area contributed by atoms with Gasteiger partial charge in [0.2, 0.25) is 0 Å². The van der Waals surface area contributed by atoms with E-state index < -0.39 is 25.6 Å². The van der Waals surface area contributed by atoms with Gasteiger partial charge in [-0.2, -0.15) is 0 Å². The zero-order valence-corrected chi connectivity index (χ0v) is 21.0. The third-order valence-corrected chi connectivity index (χ3v) is 6.50. The van der Waals surface area contributed by atoms with Gasteiger partial charge in [-0.05, 0) is 37.8 Å². The molecule has 180 valence electrons. The van der Waals surface area contributed by atoms with Gasteiger partial charge in [-0.3, -0.25) is 10.1 Å². The van der Waals surface area contributed by atoms with Crippen molar-refractivity contribution in [1.29, 1.82) is 0 Å². The molecule has 7 nitrogen and oxygen atoms in total. The van der Waals surface area contributed by atoms with Crippen LogP contribution in [-0.2, 0) is 10.1 Å². The molecule has 0 radical (unpaired) electrons. The predicted molar refractivity (Wildman–Crippen MR) is 125 cm³/mol. The van der Waals surface area contributed by atoms with Crippen molar-refractivity contribution in [3.63, 3.8) is 0 Å². The maximum absolute atomic E-state index is 10.5. The van der Waals surface area contributed by atoms with Crippen molar-refractivity contribution in [2.24, 2.45) is 0 Å². The number of halogens is 1. The van der Waals surface area contributed by atoms with Crippen LogP contribution in [0.2, 0.25) is 5.02 Å². The molecule has 31 heavy (non-hydrogen) atoms. The Labute approximate surface area is 193 Å². The minimum Gasteiger partial charge on any atom is -0.744 e. The molecule has 0 fully saturated rings. The van der Waals surface area contributed by atoms with Gasteiger partial charge >= 0.3 is 0 Å². The maximum atomic E-state index is 10.5. The summed E-state index contributed by atoms with van der Waals surface area (Å²) in [5, 5.41) is 10.1. The van der Waals surface area contributed by atoms with E-state index >= 15 is 0 Å². The zero-order chi connectivity index (χ0) is 23.9. The summed E-state index contributed by atoms with van der Waals surface area (Å²) in [6.45, 7) is 15.0. The number of benzene rings is 1. The minimum atomic E-state index is -4.69. The summed E-state index contributed by atoms with van der Waals surface area (Å²) < 4.78 is 32.9. The molecule has 0 spiro atoms. The molecule has 0 saturated heterocycles. The van der Waals surface area contributed by atoms with Crippen molar-refractivity contribution in [2.75, 3.05) is 26.2 Å². The molecule has 0 aromatic heterocycles. The lowest BCUT2D eigenvalue weighted by molar-refractivity contribution is -0.929. The first-order valence-corrected chi connectivity index (χ1v) is 13.1. The third kappa shape index (κ3) is 11.8. The van der Waals surface area contributed by atoms with Gasteiger partial charge in [-0.1, -0.05) is 65.0 Å². The standard InChI is InChI=1S/C16H36N.C6H4ClNO5S/c1-5-9-13-17(14-10-6-2,15-11-7-3)16-12-8-4;7-5-2-1-4(14(11,12)13)3-6(5)8(9)10/h5-16H2,1-4H3;1-3H,(H,11,12,13)/q+1;/p-1. The molecular formula is C22H39ClN2O5S. The van der Waals surface area contributed by atoms with Gasteiger partial charge in [0.15, 0.2) is 0 Å². The normalized spacial score (nSPS) is 11.7. The van der Waals surface area contributed by atoms with Gasteiger partial charge in [-0.25, -0.2) is 8.42 Å². The van der Waals surface area contributed by atoms with Crippen molar-refractivity contribution in [3.8, 4) is 0 Å². The Hall–Kier alpha value is -1.22. The predicted octanol–water partition coefficient (Wildman–Crippen LogP) is 6.16. The van der Waals surface area contributed by atoms with E-state index in [2.05, 4.69) is 27.7 Å². The Balaban J connectivity index is 0.000000590. The van der Waals surface area contributed by atoms with Gasteiger partial charge in [0.05, 0.1) is 36.0 Å². The van der Waals surface area contributed by atoms with Crippen molar-refractivity contribution >= 4 is 27.4 Å². The lowest BCUT2D eigenvalue weighted by atomic mass is 10.1. The second kappa shape index (κ2) is 15.6. The number of quaternary nitrogens is 1. The molecule has 1 aromatic carbocycles. The Morgan fingerprint density at radius 1 is 0.871 bits per heavy atom. The zero-order valence-electron chi connectivity index (χ0n) is 19.4. The Kier molecular flexibility index (Phi) is 14.9. The summed E-state index contributed by atoms with van der Waals surface area (Å²) >= 11 is 5.40. The average Bonchev–Trinajstić information content (AvgIpc) is 2.72. The SMILES string of the molecule is CCCC[N+](CCCC)(CCCC)CCCC.O=[N+]([O-])c1cc(S(=O)(=O)[O-])ccc1Cl. The number of hydrogen-bond donors (Lipinski definition) is 0. The summed E-state index contributed by atoms with van der Waals surface area (Å²) in [7, 11) is -4.69. The van der Waals surface area contributed by atoms with Crippen LogP contribution in [0.4, 0.5) is 5.69 Å². The number of unbranched alkanes of at least 4 members (excludes halogenated alkanes) is 4. The van der Waals surface area contributed by atoms with Crippen LogP contribution in [0, 0.1) is 10.1 Å². The van der Waals surface area contributed by atoms with Crippen molar-refractivity contribution in [3.05, 3.63) is 33.3 Å². The van der Waals surface area contributed by atoms with Gasteiger partial charge in [0.1, 0.15) is 15.1 Å². The average molecular weight is 479 g/mol. The summed E-state index contributed by atoms with van der Waals surface area (Å²) in [6.07, 6.45) is 11.1. The van der Waals surface area contributed by atoms with Crippen LogP contribution in [0.25, 0.3) is 0 Å². The first-order chi connectivity index (χ1) is 14.6. The largest absolute Gasteiger partial charge is 0.744 e. The molecule has 0 saturated carbocycles. The number of nitro groups is 1. The van der Waals surface area contributed by atoms with Gasteiger partial charge in [0, 0.05) is 6.07 Å². The molecule has 0 atom stereocenters. The highest BCUT2D eigenvalue weighted by molar-refractivity contribution is 7.85. The highest BCUT2D eigenvalue weighted by atomic mass is 35.5. The quantitative estimate of drug-likeness (QED) is 0.138. The van der Waals surface area contributed by atoms with Crippen LogP contribution in [0.15, 0.2) is 23.1 Å².